The van der Waals surface area contributed by atoms with Crippen molar-refractivity contribution in [1.82, 2.24) is 14.9 Å². The molecule has 1 aromatic heterocycles. The molecule has 2 aromatic rings. The maximum absolute atomic E-state index is 13.9. The van der Waals surface area contributed by atoms with Crippen LogP contribution in [0.25, 0.3) is 0 Å². The van der Waals surface area contributed by atoms with Crippen molar-refractivity contribution in [2.24, 2.45) is 0 Å². The summed E-state index contributed by atoms with van der Waals surface area (Å²) in [5.41, 5.74) is -2.41. The van der Waals surface area contributed by atoms with Crippen LogP contribution in [0.5, 0.6) is 0 Å². The quantitative estimate of drug-likeness (QED) is 0.803. The number of alkyl halides is 3. The fraction of sp³-hybridized carbons (Fsp3) is 0.333. The van der Waals surface area contributed by atoms with Crippen molar-refractivity contribution in [1.29, 1.82) is 0 Å². The van der Waals surface area contributed by atoms with Gasteiger partial charge in [-0.1, -0.05) is 0 Å². The number of nitrogens with zero attached hydrogens (tertiary/aromatic N) is 1. The number of halogens is 5. The molecule has 1 aliphatic rings. The zero-order valence-corrected chi connectivity index (χ0v) is 12.6. The van der Waals surface area contributed by atoms with E-state index in [1.165, 1.54) is 4.90 Å². The van der Waals surface area contributed by atoms with E-state index in [9.17, 15) is 31.5 Å². The zero-order valence-electron chi connectivity index (χ0n) is 12.6. The Balaban J connectivity index is 1.87. The molecule has 0 fully saturated rings. The first kappa shape index (κ1) is 17.3. The Labute approximate surface area is 137 Å². The molecule has 10 heteroatoms. The largest absolute Gasteiger partial charge is 0.416 e. The van der Waals surface area contributed by atoms with Gasteiger partial charge in [-0.05, 0) is 18.6 Å². The van der Waals surface area contributed by atoms with Crippen molar-refractivity contribution in [2.45, 2.75) is 25.7 Å². The van der Waals surface area contributed by atoms with E-state index in [0.717, 1.165) is 0 Å². The Hall–Kier alpha value is -2.49. The van der Waals surface area contributed by atoms with E-state index in [1.54, 1.807) is 0 Å². The summed E-state index contributed by atoms with van der Waals surface area (Å²) in [4.78, 5) is 29.1. The number of aromatic amines is 2. The molecule has 1 aliphatic heterocycles. The Bertz CT molecular complexity index is 909. The Morgan fingerprint density at radius 3 is 2.32 bits per heavy atom. The Morgan fingerprint density at radius 1 is 1.08 bits per heavy atom. The van der Waals surface area contributed by atoms with Gasteiger partial charge in [0, 0.05) is 36.5 Å². The molecule has 2 heterocycles. The van der Waals surface area contributed by atoms with Crippen LogP contribution in [0.4, 0.5) is 22.0 Å². The lowest BCUT2D eigenvalue weighted by molar-refractivity contribution is -0.138. The van der Waals surface area contributed by atoms with E-state index < -0.39 is 40.2 Å². The molecule has 0 saturated carbocycles. The number of hydrogen-bond donors (Lipinski definition) is 2. The average molecular weight is 361 g/mol. The van der Waals surface area contributed by atoms with E-state index in [-0.39, 0.29) is 38.2 Å². The summed E-state index contributed by atoms with van der Waals surface area (Å²) >= 11 is 0. The second kappa shape index (κ2) is 6.10. The molecule has 2 N–H and O–H groups in total. The molecular formula is C15H12F5N3O2. The van der Waals surface area contributed by atoms with Crippen LogP contribution in [0, 0.1) is 11.6 Å². The van der Waals surface area contributed by atoms with E-state index in [1.807, 2.05) is 0 Å². The standard InChI is InChI=1S/C15H12F5N3O2/c16-10-3-7(15(18,19)20)4-11(17)9(10)5-23-2-1-8-12(6-23)21-14(25)22-13(8)24/h3-4H,1-2,5-6H2,(H2,21,22,24,25). The molecule has 0 spiro atoms. The minimum atomic E-state index is -4.84. The summed E-state index contributed by atoms with van der Waals surface area (Å²) in [7, 11) is 0. The van der Waals surface area contributed by atoms with Gasteiger partial charge in [0.1, 0.15) is 11.6 Å². The normalized spacial score (nSPS) is 15.2. The zero-order chi connectivity index (χ0) is 18.4. The van der Waals surface area contributed by atoms with Gasteiger partial charge in [0.15, 0.2) is 0 Å². The van der Waals surface area contributed by atoms with Gasteiger partial charge in [-0.15, -0.1) is 0 Å². The highest BCUT2D eigenvalue weighted by Crippen LogP contribution is 2.32. The van der Waals surface area contributed by atoms with Gasteiger partial charge in [0.05, 0.1) is 5.56 Å². The first-order chi connectivity index (χ1) is 11.6. The number of nitrogens with one attached hydrogen (secondary N) is 2. The molecule has 0 bridgehead atoms. The van der Waals surface area contributed by atoms with Gasteiger partial charge in [-0.25, -0.2) is 13.6 Å². The topological polar surface area (TPSA) is 69.0 Å². The van der Waals surface area contributed by atoms with Gasteiger partial charge < -0.3 is 4.98 Å². The van der Waals surface area contributed by atoms with Crippen LogP contribution in [-0.2, 0) is 25.7 Å². The van der Waals surface area contributed by atoms with Gasteiger partial charge in [-0.2, -0.15) is 13.2 Å². The minimum Gasteiger partial charge on any atom is -0.310 e. The SMILES string of the molecule is O=c1[nH]c2c(c(=O)[nH]1)CCN(Cc1c(F)cc(C(F)(F)F)cc1F)C2. The van der Waals surface area contributed by atoms with Crippen molar-refractivity contribution >= 4 is 0 Å². The number of benzene rings is 1. The number of rotatable bonds is 2. The fourth-order valence-electron chi connectivity index (χ4n) is 2.81. The Kier molecular flexibility index (Phi) is 4.23. The molecule has 0 amide bonds. The first-order valence-electron chi connectivity index (χ1n) is 7.27. The highest BCUT2D eigenvalue weighted by atomic mass is 19.4. The lowest BCUT2D eigenvalue weighted by atomic mass is 10.0. The summed E-state index contributed by atoms with van der Waals surface area (Å²) in [5.74, 6) is -2.59. The van der Waals surface area contributed by atoms with E-state index in [0.29, 0.717) is 11.3 Å². The van der Waals surface area contributed by atoms with Crippen LogP contribution >= 0.6 is 0 Å². The number of H-pyrrole nitrogens is 2. The fourth-order valence-corrected chi connectivity index (χ4v) is 2.81. The highest BCUT2D eigenvalue weighted by Gasteiger charge is 2.33. The maximum Gasteiger partial charge on any atom is 0.416 e. The summed E-state index contributed by atoms with van der Waals surface area (Å²) in [6.07, 6.45) is -4.60. The predicted molar refractivity (Wildman–Crippen MR) is 76.9 cm³/mol. The van der Waals surface area contributed by atoms with Crippen LogP contribution in [0.3, 0.4) is 0 Å². The molecule has 25 heavy (non-hydrogen) atoms. The summed E-state index contributed by atoms with van der Waals surface area (Å²) in [6.45, 7) is 0.0283. The van der Waals surface area contributed by atoms with Crippen molar-refractivity contribution in [3.63, 3.8) is 0 Å². The Morgan fingerprint density at radius 2 is 1.72 bits per heavy atom. The van der Waals surface area contributed by atoms with Crippen LogP contribution in [0.2, 0.25) is 0 Å². The third-order valence-electron chi connectivity index (χ3n) is 4.04. The average Bonchev–Trinajstić information content (AvgIpc) is 2.49. The summed E-state index contributed by atoms with van der Waals surface area (Å²) in [6, 6.07) is 0.506. The highest BCUT2D eigenvalue weighted by molar-refractivity contribution is 5.28. The molecule has 0 saturated heterocycles. The minimum absolute atomic E-state index is 0.0500. The molecule has 0 aliphatic carbocycles. The van der Waals surface area contributed by atoms with Crippen molar-refractivity contribution in [3.8, 4) is 0 Å². The van der Waals surface area contributed by atoms with Crippen LogP contribution in [0.15, 0.2) is 21.7 Å². The summed E-state index contributed by atoms with van der Waals surface area (Å²) < 4.78 is 65.6. The van der Waals surface area contributed by atoms with Gasteiger partial charge >= 0.3 is 11.9 Å². The number of aromatic nitrogens is 2. The van der Waals surface area contributed by atoms with E-state index >= 15 is 0 Å². The van der Waals surface area contributed by atoms with Crippen LogP contribution < -0.4 is 11.2 Å². The molecule has 0 unspecified atom stereocenters. The van der Waals surface area contributed by atoms with E-state index in [4.69, 9.17) is 0 Å². The third-order valence-corrected chi connectivity index (χ3v) is 4.04. The molecule has 0 atom stereocenters. The molecule has 134 valence electrons. The smallest absolute Gasteiger partial charge is 0.310 e. The van der Waals surface area contributed by atoms with Crippen molar-refractivity contribution < 1.29 is 22.0 Å². The molecule has 5 nitrogen and oxygen atoms in total. The second-order valence-electron chi connectivity index (χ2n) is 5.74. The second-order valence-corrected chi connectivity index (χ2v) is 5.74. The molecular weight excluding hydrogens is 349 g/mol. The third kappa shape index (κ3) is 3.48. The van der Waals surface area contributed by atoms with Gasteiger partial charge in [-0.3, -0.25) is 14.7 Å². The van der Waals surface area contributed by atoms with Crippen molar-refractivity contribution in [2.75, 3.05) is 6.54 Å². The monoisotopic (exact) mass is 361 g/mol. The van der Waals surface area contributed by atoms with Gasteiger partial charge in [0.25, 0.3) is 5.56 Å². The van der Waals surface area contributed by atoms with Gasteiger partial charge in [0.2, 0.25) is 0 Å². The lowest BCUT2D eigenvalue weighted by Crippen LogP contribution is -2.38. The number of hydrogen-bond acceptors (Lipinski definition) is 3. The van der Waals surface area contributed by atoms with Crippen molar-refractivity contribution in [3.05, 3.63) is 67.0 Å². The van der Waals surface area contributed by atoms with E-state index in [2.05, 4.69) is 9.97 Å². The number of fused-ring (bicyclic) bond motifs is 1. The molecule has 0 radical (unpaired) electrons. The predicted octanol–water partition coefficient (Wildman–Crippen LogP) is 1.92. The van der Waals surface area contributed by atoms with Crippen LogP contribution in [0.1, 0.15) is 22.4 Å². The lowest BCUT2D eigenvalue weighted by Gasteiger charge is -2.28. The summed E-state index contributed by atoms with van der Waals surface area (Å²) in [5, 5.41) is 0. The molecule has 3 rings (SSSR count). The first-order valence-corrected chi connectivity index (χ1v) is 7.27. The molecule has 1 aromatic carbocycles. The van der Waals surface area contributed by atoms with Crippen LogP contribution in [-0.4, -0.2) is 21.4 Å². The maximum atomic E-state index is 13.9.